The fourth-order valence-electron chi connectivity index (χ4n) is 3.09. The third-order valence-corrected chi connectivity index (χ3v) is 4.34. The van der Waals surface area contributed by atoms with E-state index in [0.717, 1.165) is 33.1 Å². The van der Waals surface area contributed by atoms with E-state index in [1.165, 1.54) is 0 Å². The topological polar surface area (TPSA) is 71.3 Å². The van der Waals surface area contributed by atoms with Crippen LogP contribution in [-0.2, 0) is 0 Å². The number of carbonyl (C=O) groups excluding carboxylic acids is 1. The number of rotatable bonds is 3. The number of aryl methyl sites for hydroxylation is 1. The first-order valence-electron chi connectivity index (χ1n) is 8.52. The second-order valence-electron chi connectivity index (χ2n) is 6.18. The van der Waals surface area contributed by atoms with Gasteiger partial charge in [-0.3, -0.25) is 5.32 Å². The van der Waals surface area contributed by atoms with Crippen molar-refractivity contribution in [3.63, 3.8) is 0 Å². The Morgan fingerprint density at radius 1 is 1.15 bits per heavy atom. The van der Waals surface area contributed by atoms with Gasteiger partial charge < -0.3 is 9.72 Å². The Balaban J connectivity index is 1.76. The summed E-state index contributed by atoms with van der Waals surface area (Å²) >= 11 is 0. The molecule has 4 aromatic rings. The van der Waals surface area contributed by atoms with E-state index >= 15 is 0 Å². The van der Waals surface area contributed by atoms with Crippen LogP contribution in [0.3, 0.4) is 0 Å². The summed E-state index contributed by atoms with van der Waals surface area (Å²) in [5.74, 6) is 0.532. The smallest absolute Gasteiger partial charge is 0.320 e. The van der Waals surface area contributed by atoms with E-state index in [4.69, 9.17) is 0 Å². The third-order valence-electron chi connectivity index (χ3n) is 4.34. The van der Waals surface area contributed by atoms with Gasteiger partial charge in [0.2, 0.25) is 0 Å². The molecular weight excluding hydrogens is 326 g/mol. The number of amides is 2. The van der Waals surface area contributed by atoms with E-state index in [0.29, 0.717) is 12.4 Å². The molecule has 4 rings (SSSR count). The van der Waals surface area contributed by atoms with Crippen molar-refractivity contribution in [1.82, 2.24) is 19.7 Å². The zero-order valence-electron chi connectivity index (χ0n) is 14.7. The molecule has 0 fully saturated rings. The van der Waals surface area contributed by atoms with Gasteiger partial charge in [0.25, 0.3) is 0 Å². The van der Waals surface area contributed by atoms with E-state index in [2.05, 4.69) is 51.9 Å². The minimum atomic E-state index is -0.252. The van der Waals surface area contributed by atoms with Crippen LogP contribution in [0.1, 0.15) is 12.5 Å². The highest BCUT2D eigenvalue weighted by atomic mass is 16.2. The molecule has 130 valence electrons. The minimum Gasteiger partial charge on any atom is -0.338 e. The van der Waals surface area contributed by atoms with Gasteiger partial charge in [-0.15, -0.1) is 0 Å². The Morgan fingerprint density at radius 2 is 2.04 bits per heavy atom. The normalized spacial score (nSPS) is 11.0. The number of urea groups is 1. The molecule has 1 aromatic carbocycles. The summed E-state index contributed by atoms with van der Waals surface area (Å²) < 4.78 is 2.00. The predicted molar refractivity (Wildman–Crippen MR) is 103 cm³/mol. The van der Waals surface area contributed by atoms with Gasteiger partial charge in [0.05, 0.1) is 0 Å². The summed E-state index contributed by atoms with van der Waals surface area (Å²) in [6.45, 7) is 4.51. The molecule has 0 aliphatic heterocycles. The fourth-order valence-corrected chi connectivity index (χ4v) is 3.09. The molecule has 6 heteroatoms. The zero-order chi connectivity index (χ0) is 18.1. The predicted octanol–water partition coefficient (Wildman–Crippen LogP) is 4.00. The molecule has 6 nitrogen and oxygen atoms in total. The molecule has 0 unspecified atom stereocenters. The van der Waals surface area contributed by atoms with Crippen LogP contribution in [0.15, 0.2) is 55.1 Å². The van der Waals surface area contributed by atoms with E-state index in [-0.39, 0.29) is 6.03 Å². The van der Waals surface area contributed by atoms with Gasteiger partial charge in [-0.1, -0.05) is 6.07 Å². The molecule has 0 radical (unpaired) electrons. The first-order valence-corrected chi connectivity index (χ1v) is 8.52. The van der Waals surface area contributed by atoms with E-state index < -0.39 is 0 Å². The Labute approximate surface area is 150 Å². The Bertz CT molecular complexity index is 1120. The van der Waals surface area contributed by atoms with Gasteiger partial charge in [-0.2, -0.15) is 0 Å². The second-order valence-corrected chi connectivity index (χ2v) is 6.18. The van der Waals surface area contributed by atoms with Crippen molar-refractivity contribution in [3.8, 4) is 11.1 Å². The molecule has 3 aromatic heterocycles. The highest BCUT2D eigenvalue weighted by Crippen LogP contribution is 2.28. The number of fused-ring (bicyclic) bond motifs is 2. The molecule has 0 aliphatic rings. The zero-order valence-corrected chi connectivity index (χ0v) is 14.7. The van der Waals surface area contributed by atoms with Gasteiger partial charge in [0.1, 0.15) is 11.5 Å². The van der Waals surface area contributed by atoms with Gasteiger partial charge in [0.15, 0.2) is 0 Å². The monoisotopic (exact) mass is 345 g/mol. The Hall–Kier alpha value is -3.41. The average molecular weight is 345 g/mol. The summed E-state index contributed by atoms with van der Waals surface area (Å²) in [5.41, 5.74) is 4.28. The SMILES string of the molecule is CCNC(=O)Nc1cc2cc(-c3ccc4nccn4c3)cc(C)c2cn1. The van der Waals surface area contributed by atoms with Gasteiger partial charge in [0, 0.05) is 36.7 Å². The maximum atomic E-state index is 11.7. The first kappa shape index (κ1) is 16.1. The van der Waals surface area contributed by atoms with Crippen LogP contribution in [0.4, 0.5) is 10.6 Å². The number of aromatic nitrogens is 3. The number of pyridine rings is 2. The molecule has 26 heavy (non-hydrogen) atoms. The summed E-state index contributed by atoms with van der Waals surface area (Å²) in [4.78, 5) is 20.4. The lowest BCUT2D eigenvalue weighted by molar-refractivity contribution is 0.252. The quantitative estimate of drug-likeness (QED) is 0.589. The lowest BCUT2D eigenvalue weighted by Crippen LogP contribution is -2.28. The number of imidazole rings is 1. The molecule has 3 heterocycles. The minimum absolute atomic E-state index is 0.252. The molecule has 0 bridgehead atoms. The molecule has 2 N–H and O–H groups in total. The molecular formula is C20H19N5O. The van der Waals surface area contributed by atoms with Crippen molar-refractivity contribution in [2.24, 2.45) is 0 Å². The van der Waals surface area contributed by atoms with Crippen molar-refractivity contribution < 1.29 is 4.79 Å². The van der Waals surface area contributed by atoms with Crippen molar-refractivity contribution in [1.29, 1.82) is 0 Å². The van der Waals surface area contributed by atoms with Crippen molar-refractivity contribution in [3.05, 3.63) is 60.7 Å². The van der Waals surface area contributed by atoms with E-state index in [9.17, 15) is 4.79 Å². The summed E-state index contributed by atoms with van der Waals surface area (Å²) in [7, 11) is 0. The fraction of sp³-hybridized carbons (Fsp3) is 0.150. The van der Waals surface area contributed by atoms with Gasteiger partial charge in [-0.05, 0) is 60.2 Å². The van der Waals surface area contributed by atoms with Crippen LogP contribution in [-0.4, -0.2) is 26.9 Å². The molecule has 0 spiro atoms. The maximum absolute atomic E-state index is 11.7. The maximum Gasteiger partial charge on any atom is 0.320 e. The highest BCUT2D eigenvalue weighted by molar-refractivity contribution is 5.94. The number of nitrogens with zero attached hydrogens (tertiary/aromatic N) is 3. The summed E-state index contributed by atoms with van der Waals surface area (Å²) in [6.07, 6.45) is 7.59. The third kappa shape index (κ3) is 2.97. The number of nitrogens with one attached hydrogen (secondary N) is 2. The van der Waals surface area contributed by atoms with Gasteiger partial charge >= 0.3 is 6.03 Å². The van der Waals surface area contributed by atoms with Crippen LogP contribution >= 0.6 is 0 Å². The van der Waals surface area contributed by atoms with Crippen molar-refractivity contribution >= 4 is 28.3 Å². The highest BCUT2D eigenvalue weighted by Gasteiger charge is 2.08. The van der Waals surface area contributed by atoms with E-state index in [1.54, 1.807) is 12.4 Å². The van der Waals surface area contributed by atoms with Crippen LogP contribution < -0.4 is 10.6 Å². The van der Waals surface area contributed by atoms with Crippen LogP contribution in [0, 0.1) is 6.92 Å². The number of carbonyl (C=O) groups is 1. The van der Waals surface area contributed by atoms with Gasteiger partial charge in [-0.25, -0.2) is 14.8 Å². The molecule has 0 saturated carbocycles. The summed E-state index contributed by atoms with van der Waals surface area (Å²) in [6, 6.07) is 9.99. The first-order chi connectivity index (χ1) is 12.6. The molecule has 0 aliphatic carbocycles. The largest absolute Gasteiger partial charge is 0.338 e. The number of hydrogen-bond acceptors (Lipinski definition) is 3. The lowest BCUT2D eigenvalue weighted by Gasteiger charge is -2.10. The van der Waals surface area contributed by atoms with Crippen molar-refractivity contribution in [2.75, 3.05) is 11.9 Å². The lowest BCUT2D eigenvalue weighted by atomic mass is 9.99. The van der Waals surface area contributed by atoms with Crippen LogP contribution in [0.2, 0.25) is 0 Å². The Kier molecular flexibility index (Phi) is 4.01. The number of hydrogen-bond donors (Lipinski definition) is 2. The Morgan fingerprint density at radius 3 is 2.88 bits per heavy atom. The molecule has 2 amide bonds. The van der Waals surface area contributed by atoms with Crippen LogP contribution in [0.25, 0.3) is 27.5 Å². The second kappa shape index (κ2) is 6.48. The molecule has 0 atom stereocenters. The standard InChI is InChI=1S/C20H19N5O/c1-3-21-20(26)24-18-10-16-9-15(8-13(2)17(16)11-23-18)14-4-5-19-22-6-7-25(19)12-14/h4-12H,3H2,1-2H3,(H2,21,23,24,26). The summed E-state index contributed by atoms with van der Waals surface area (Å²) in [5, 5.41) is 7.57. The van der Waals surface area contributed by atoms with Crippen LogP contribution in [0.5, 0.6) is 0 Å². The number of benzene rings is 1. The molecule has 0 saturated heterocycles. The number of anilines is 1. The van der Waals surface area contributed by atoms with Crippen molar-refractivity contribution in [2.45, 2.75) is 13.8 Å². The van der Waals surface area contributed by atoms with E-state index in [1.807, 2.05) is 29.7 Å². The average Bonchev–Trinajstić information content (AvgIpc) is 3.09.